The number of thiophene rings is 1. The van der Waals surface area contributed by atoms with E-state index in [1.54, 1.807) is 12.3 Å². The van der Waals surface area contributed by atoms with Crippen LogP contribution in [0.4, 0.5) is 5.69 Å². The van der Waals surface area contributed by atoms with Crippen molar-refractivity contribution < 1.29 is 14.3 Å². The zero-order chi connectivity index (χ0) is 10.6. The van der Waals surface area contributed by atoms with E-state index >= 15 is 0 Å². The summed E-state index contributed by atoms with van der Waals surface area (Å²) in [6.45, 7) is 3.90. The number of rotatable bonds is 4. The minimum Gasteiger partial charge on any atom is -0.462 e. The van der Waals surface area contributed by atoms with Crippen molar-refractivity contribution in [1.82, 2.24) is 0 Å². The minimum absolute atomic E-state index is 0.330. The fraction of sp³-hybridized carbons (Fsp3) is 0.333. The van der Waals surface area contributed by atoms with Crippen LogP contribution in [-0.4, -0.2) is 19.0 Å². The van der Waals surface area contributed by atoms with Gasteiger partial charge in [-0.2, -0.15) is 0 Å². The largest absolute Gasteiger partial charge is 0.462 e. The van der Waals surface area contributed by atoms with Gasteiger partial charge in [-0.25, -0.2) is 4.79 Å². The highest BCUT2D eigenvalue weighted by Crippen LogP contribution is 2.27. The number of carbonyl (C=O) groups is 2. The first-order valence-corrected chi connectivity index (χ1v) is 5.04. The third-order valence-electron chi connectivity index (χ3n) is 1.64. The standard InChI is InChI=1S/C9H11NO3S/c1-3-13-9(12)8-7(10-5-11)6(2)4-14-8/h4-5H,3H2,1-2H3,(H,10,11). The van der Waals surface area contributed by atoms with Gasteiger partial charge in [0.2, 0.25) is 6.41 Å². The van der Waals surface area contributed by atoms with Crippen LogP contribution in [-0.2, 0) is 9.53 Å². The van der Waals surface area contributed by atoms with E-state index in [9.17, 15) is 9.59 Å². The lowest BCUT2D eigenvalue weighted by Crippen LogP contribution is -2.06. The summed E-state index contributed by atoms with van der Waals surface area (Å²) in [7, 11) is 0. The molecule has 0 atom stereocenters. The Kier molecular flexibility index (Phi) is 3.64. The number of carbonyl (C=O) groups excluding carboxylic acids is 2. The zero-order valence-electron chi connectivity index (χ0n) is 7.99. The molecule has 0 aliphatic heterocycles. The molecule has 1 amide bonds. The third kappa shape index (κ3) is 2.11. The van der Waals surface area contributed by atoms with E-state index in [0.717, 1.165) is 5.56 Å². The van der Waals surface area contributed by atoms with E-state index in [-0.39, 0.29) is 0 Å². The smallest absolute Gasteiger partial charge is 0.350 e. The number of anilines is 1. The van der Waals surface area contributed by atoms with Gasteiger partial charge in [0.15, 0.2) is 0 Å². The molecule has 1 aromatic heterocycles. The second-order valence-electron chi connectivity index (χ2n) is 2.61. The van der Waals surface area contributed by atoms with E-state index < -0.39 is 5.97 Å². The van der Waals surface area contributed by atoms with Crippen molar-refractivity contribution in [3.05, 3.63) is 15.8 Å². The van der Waals surface area contributed by atoms with Gasteiger partial charge in [-0.05, 0) is 24.8 Å². The Balaban J connectivity index is 2.95. The fourth-order valence-corrected chi connectivity index (χ4v) is 1.93. The Labute approximate surface area is 85.9 Å². The number of ether oxygens (including phenoxy) is 1. The molecule has 14 heavy (non-hydrogen) atoms. The number of aryl methyl sites for hydroxylation is 1. The molecular formula is C9H11NO3S. The maximum Gasteiger partial charge on any atom is 0.350 e. The Morgan fingerprint density at radius 1 is 1.71 bits per heavy atom. The number of hydrogen-bond acceptors (Lipinski definition) is 4. The van der Waals surface area contributed by atoms with Crippen molar-refractivity contribution in [3.8, 4) is 0 Å². The van der Waals surface area contributed by atoms with Crippen molar-refractivity contribution in [2.24, 2.45) is 0 Å². The predicted molar refractivity (Wildman–Crippen MR) is 54.7 cm³/mol. The maximum absolute atomic E-state index is 11.4. The van der Waals surface area contributed by atoms with Gasteiger partial charge in [0, 0.05) is 0 Å². The minimum atomic E-state index is -0.394. The van der Waals surface area contributed by atoms with Gasteiger partial charge in [0.25, 0.3) is 0 Å². The van der Waals surface area contributed by atoms with Gasteiger partial charge in [-0.3, -0.25) is 4.79 Å². The van der Waals surface area contributed by atoms with E-state index in [1.807, 2.05) is 6.92 Å². The molecule has 0 spiro atoms. The quantitative estimate of drug-likeness (QED) is 0.613. The third-order valence-corrected chi connectivity index (χ3v) is 2.72. The van der Waals surface area contributed by atoms with Crippen LogP contribution < -0.4 is 5.32 Å². The van der Waals surface area contributed by atoms with Crippen LogP contribution in [0, 0.1) is 6.92 Å². The fourth-order valence-electron chi connectivity index (χ4n) is 1.03. The van der Waals surface area contributed by atoms with Crippen LogP contribution >= 0.6 is 11.3 Å². The number of esters is 1. The van der Waals surface area contributed by atoms with E-state index in [1.165, 1.54) is 11.3 Å². The molecule has 0 bridgehead atoms. The lowest BCUT2D eigenvalue weighted by molar-refractivity contribution is -0.105. The summed E-state index contributed by atoms with van der Waals surface area (Å²) in [5.41, 5.74) is 1.41. The van der Waals surface area contributed by atoms with Gasteiger partial charge in [-0.1, -0.05) is 0 Å². The van der Waals surface area contributed by atoms with E-state index in [4.69, 9.17) is 4.74 Å². The summed E-state index contributed by atoms with van der Waals surface area (Å²) in [6.07, 6.45) is 0.553. The first-order valence-electron chi connectivity index (χ1n) is 4.16. The van der Waals surface area contributed by atoms with Gasteiger partial charge >= 0.3 is 5.97 Å². The van der Waals surface area contributed by atoms with E-state index in [0.29, 0.717) is 23.6 Å². The molecular weight excluding hydrogens is 202 g/mol. The van der Waals surface area contributed by atoms with Gasteiger partial charge < -0.3 is 10.1 Å². The molecule has 4 nitrogen and oxygen atoms in total. The summed E-state index contributed by atoms with van der Waals surface area (Å²) in [5, 5.41) is 4.30. The average Bonchev–Trinajstić information content (AvgIpc) is 2.50. The monoisotopic (exact) mass is 213 g/mol. The lowest BCUT2D eigenvalue weighted by atomic mass is 10.3. The van der Waals surface area contributed by atoms with Crippen LogP contribution in [0.15, 0.2) is 5.38 Å². The molecule has 0 aromatic carbocycles. The van der Waals surface area contributed by atoms with Crippen LogP contribution in [0.5, 0.6) is 0 Å². The van der Waals surface area contributed by atoms with Crippen molar-refractivity contribution in [2.75, 3.05) is 11.9 Å². The summed E-state index contributed by atoms with van der Waals surface area (Å²) in [5.74, 6) is -0.394. The normalized spacial score (nSPS) is 9.57. The molecule has 0 aliphatic carbocycles. The molecule has 0 fully saturated rings. The number of amides is 1. The Bertz CT molecular complexity index is 346. The molecule has 0 unspecified atom stereocenters. The molecule has 1 heterocycles. The molecule has 0 aliphatic rings. The topological polar surface area (TPSA) is 55.4 Å². The molecule has 76 valence electrons. The number of hydrogen-bond donors (Lipinski definition) is 1. The van der Waals surface area contributed by atoms with Crippen molar-refractivity contribution in [3.63, 3.8) is 0 Å². The molecule has 1 aromatic rings. The average molecular weight is 213 g/mol. The van der Waals surface area contributed by atoms with Crippen molar-refractivity contribution in [2.45, 2.75) is 13.8 Å². The zero-order valence-corrected chi connectivity index (χ0v) is 8.81. The van der Waals surface area contributed by atoms with Gasteiger partial charge in [0.1, 0.15) is 4.88 Å². The Morgan fingerprint density at radius 2 is 2.43 bits per heavy atom. The van der Waals surface area contributed by atoms with Crippen LogP contribution in [0.3, 0.4) is 0 Å². The first kappa shape index (κ1) is 10.7. The van der Waals surface area contributed by atoms with Crippen molar-refractivity contribution in [1.29, 1.82) is 0 Å². The molecule has 0 radical (unpaired) electrons. The van der Waals surface area contributed by atoms with Gasteiger partial charge in [0.05, 0.1) is 12.3 Å². The summed E-state index contributed by atoms with van der Waals surface area (Å²) in [4.78, 5) is 22.1. The van der Waals surface area contributed by atoms with Gasteiger partial charge in [-0.15, -0.1) is 11.3 Å². The highest BCUT2D eigenvalue weighted by atomic mass is 32.1. The van der Waals surface area contributed by atoms with Crippen LogP contribution in [0.25, 0.3) is 0 Å². The maximum atomic E-state index is 11.4. The van der Waals surface area contributed by atoms with E-state index in [2.05, 4.69) is 5.32 Å². The molecule has 0 saturated heterocycles. The second-order valence-corrected chi connectivity index (χ2v) is 3.49. The van der Waals surface area contributed by atoms with Crippen LogP contribution in [0.1, 0.15) is 22.2 Å². The summed E-state index contributed by atoms with van der Waals surface area (Å²) in [6, 6.07) is 0. The molecule has 1 N–H and O–H groups in total. The second kappa shape index (κ2) is 4.76. The SMILES string of the molecule is CCOC(=O)c1scc(C)c1NC=O. The summed E-state index contributed by atoms with van der Waals surface area (Å²) < 4.78 is 4.84. The molecule has 5 heteroatoms. The highest BCUT2D eigenvalue weighted by Gasteiger charge is 2.16. The van der Waals surface area contributed by atoms with Crippen molar-refractivity contribution >= 4 is 29.4 Å². The molecule has 1 rings (SSSR count). The Hall–Kier alpha value is -1.36. The first-order chi connectivity index (χ1) is 6.70. The lowest BCUT2D eigenvalue weighted by Gasteiger charge is -2.02. The summed E-state index contributed by atoms with van der Waals surface area (Å²) >= 11 is 1.27. The number of nitrogens with one attached hydrogen (secondary N) is 1. The van der Waals surface area contributed by atoms with Crippen LogP contribution in [0.2, 0.25) is 0 Å². The predicted octanol–water partition coefficient (Wildman–Crippen LogP) is 1.80. The molecule has 0 saturated carbocycles. The Morgan fingerprint density at radius 3 is 3.00 bits per heavy atom. The highest BCUT2D eigenvalue weighted by molar-refractivity contribution is 7.12.